The molecule has 1 aromatic heterocycles. The van der Waals surface area contributed by atoms with E-state index in [1.807, 2.05) is 6.33 Å². The Labute approximate surface area is 91.7 Å². The maximum Gasteiger partial charge on any atom is 0.0951 e. The van der Waals surface area contributed by atoms with Gasteiger partial charge in [0.2, 0.25) is 0 Å². The molecule has 2 heterocycles. The topological polar surface area (TPSA) is 43.8 Å². The van der Waals surface area contributed by atoms with Crippen LogP contribution < -0.4 is 5.73 Å². The average Bonchev–Trinajstić information content (AvgIpc) is 2.61. The highest BCUT2D eigenvalue weighted by molar-refractivity contribution is 5.16. The minimum absolute atomic E-state index is 0.543. The van der Waals surface area contributed by atoms with E-state index in [0.717, 1.165) is 25.4 Å². The SMILES string of the molecule is CC(CN)Cc1ncn2c1CC(C)CC2. The van der Waals surface area contributed by atoms with Crippen molar-refractivity contribution in [3.8, 4) is 0 Å². The second-order valence-electron chi connectivity index (χ2n) is 4.97. The smallest absolute Gasteiger partial charge is 0.0951 e. The lowest BCUT2D eigenvalue weighted by atomic mass is 9.95. The maximum atomic E-state index is 5.66. The van der Waals surface area contributed by atoms with E-state index in [2.05, 4.69) is 23.4 Å². The van der Waals surface area contributed by atoms with Crippen LogP contribution >= 0.6 is 0 Å². The maximum absolute atomic E-state index is 5.66. The van der Waals surface area contributed by atoms with Gasteiger partial charge in [0.25, 0.3) is 0 Å². The molecule has 0 fully saturated rings. The lowest BCUT2D eigenvalue weighted by Gasteiger charge is -2.21. The van der Waals surface area contributed by atoms with Crippen molar-refractivity contribution in [2.45, 2.75) is 39.7 Å². The van der Waals surface area contributed by atoms with E-state index in [1.54, 1.807) is 0 Å². The molecule has 3 nitrogen and oxygen atoms in total. The molecule has 2 unspecified atom stereocenters. The molecule has 1 aliphatic heterocycles. The Morgan fingerprint density at radius 2 is 2.47 bits per heavy atom. The highest BCUT2D eigenvalue weighted by Gasteiger charge is 2.19. The van der Waals surface area contributed by atoms with Crippen molar-refractivity contribution < 1.29 is 0 Å². The standard InChI is InChI=1S/C12H21N3/c1-9-3-4-15-8-14-11(12(15)6-9)5-10(2)7-13/h8-10H,3-7,13H2,1-2H3. The van der Waals surface area contributed by atoms with E-state index in [9.17, 15) is 0 Å². The van der Waals surface area contributed by atoms with Crippen molar-refractivity contribution in [2.24, 2.45) is 17.6 Å². The molecule has 0 saturated carbocycles. The molecule has 2 rings (SSSR count). The lowest BCUT2D eigenvalue weighted by Crippen LogP contribution is -2.19. The van der Waals surface area contributed by atoms with E-state index in [4.69, 9.17) is 5.73 Å². The molecule has 84 valence electrons. The van der Waals surface area contributed by atoms with Gasteiger partial charge in [0.15, 0.2) is 0 Å². The number of fused-ring (bicyclic) bond motifs is 1. The first-order valence-corrected chi connectivity index (χ1v) is 5.93. The van der Waals surface area contributed by atoms with Crippen LogP contribution in [0.4, 0.5) is 0 Å². The zero-order valence-corrected chi connectivity index (χ0v) is 9.74. The van der Waals surface area contributed by atoms with Crippen LogP contribution in [0.1, 0.15) is 31.7 Å². The highest BCUT2D eigenvalue weighted by Crippen LogP contribution is 2.23. The van der Waals surface area contributed by atoms with Gasteiger partial charge in [-0.2, -0.15) is 0 Å². The Balaban J connectivity index is 2.15. The number of aromatic nitrogens is 2. The minimum Gasteiger partial charge on any atom is -0.334 e. The predicted octanol–water partition coefficient (Wildman–Crippen LogP) is 1.60. The van der Waals surface area contributed by atoms with Crippen LogP contribution in [0.5, 0.6) is 0 Å². The fourth-order valence-electron chi connectivity index (χ4n) is 2.25. The fourth-order valence-corrected chi connectivity index (χ4v) is 2.25. The molecule has 1 aromatic rings. The molecular weight excluding hydrogens is 186 g/mol. The van der Waals surface area contributed by atoms with Crippen LogP contribution in [0.15, 0.2) is 6.33 Å². The normalized spacial score (nSPS) is 22.5. The summed E-state index contributed by atoms with van der Waals surface area (Å²) < 4.78 is 2.32. The van der Waals surface area contributed by atoms with Gasteiger partial charge in [0.1, 0.15) is 0 Å². The van der Waals surface area contributed by atoms with Crippen molar-refractivity contribution in [1.82, 2.24) is 9.55 Å². The Bertz CT molecular complexity index is 330. The molecule has 0 saturated heterocycles. The molecule has 0 radical (unpaired) electrons. The van der Waals surface area contributed by atoms with E-state index < -0.39 is 0 Å². The summed E-state index contributed by atoms with van der Waals surface area (Å²) in [5, 5.41) is 0. The van der Waals surface area contributed by atoms with Crippen molar-refractivity contribution in [3.63, 3.8) is 0 Å². The van der Waals surface area contributed by atoms with Crippen LogP contribution in [0.3, 0.4) is 0 Å². The second-order valence-corrected chi connectivity index (χ2v) is 4.97. The molecule has 15 heavy (non-hydrogen) atoms. The fraction of sp³-hybridized carbons (Fsp3) is 0.750. The zero-order valence-electron chi connectivity index (χ0n) is 9.74. The Kier molecular flexibility index (Phi) is 3.10. The quantitative estimate of drug-likeness (QED) is 0.818. The average molecular weight is 207 g/mol. The van der Waals surface area contributed by atoms with Gasteiger partial charge >= 0.3 is 0 Å². The summed E-state index contributed by atoms with van der Waals surface area (Å²) in [6, 6.07) is 0. The molecule has 3 heteroatoms. The number of imidazole rings is 1. The van der Waals surface area contributed by atoms with Crippen LogP contribution in [0, 0.1) is 11.8 Å². The van der Waals surface area contributed by atoms with Crippen molar-refractivity contribution in [3.05, 3.63) is 17.7 Å². The van der Waals surface area contributed by atoms with Gasteiger partial charge in [-0.05, 0) is 37.6 Å². The first kappa shape index (κ1) is 10.7. The summed E-state index contributed by atoms with van der Waals surface area (Å²) in [4.78, 5) is 4.53. The largest absolute Gasteiger partial charge is 0.334 e. The monoisotopic (exact) mass is 207 g/mol. The summed E-state index contributed by atoms with van der Waals surface area (Å²) in [6.07, 6.45) is 5.51. The molecule has 0 aromatic carbocycles. The first-order chi connectivity index (χ1) is 7.20. The molecule has 0 amide bonds. The van der Waals surface area contributed by atoms with Crippen LogP contribution in [0.25, 0.3) is 0 Å². The number of aryl methyl sites for hydroxylation is 1. The predicted molar refractivity (Wildman–Crippen MR) is 61.6 cm³/mol. The molecule has 0 bridgehead atoms. The van der Waals surface area contributed by atoms with Crippen molar-refractivity contribution in [2.75, 3.05) is 6.54 Å². The first-order valence-electron chi connectivity index (χ1n) is 5.93. The third-order valence-electron chi connectivity index (χ3n) is 3.38. The van der Waals surface area contributed by atoms with Gasteiger partial charge in [0.05, 0.1) is 12.0 Å². The number of hydrogen-bond acceptors (Lipinski definition) is 2. The van der Waals surface area contributed by atoms with Gasteiger partial charge in [-0.15, -0.1) is 0 Å². The Morgan fingerprint density at radius 3 is 3.20 bits per heavy atom. The van der Waals surface area contributed by atoms with Crippen LogP contribution in [-0.2, 0) is 19.4 Å². The van der Waals surface area contributed by atoms with Crippen LogP contribution in [-0.4, -0.2) is 16.1 Å². The number of nitrogens with two attached hydrogens (primary N) is 1. The van der Waals surface area contributed by atoms with Crippen molar-refractivity contribution >= 4 is 0 Å². The third-order valence-corrected chi connectivity index (χ3v) is 3.38. The van der Waals surface area contributed by atoms with Gasteiger partial charge in [-0.1, -0.05) is 13.8 Å². The van der Waals surface area contributed by atoms with E-state index >= 15 is 0 Å². The minimum atomic E-state index is 0.543. The summed E-state index contributed by atoms with van der Waals surface area (Å²) in [7, 11) is 0. The van der Waals surface area contributed by atoms with Gasteiger partial charge < -0.3 is 10.3 Å². The molecule has 2 atom stereocenters. The summed E-state index contributed by atoms with van der Waals surface area (Å²) in [5.41, 5.74) is 8.39. The Morgan fingerprint density at radius 1 is 1.67 bits per heavy atom. The van der Waals surface area contributed by atoms with Gasteiger partial charge in [-0.3, -0.25) is 0 Å². The molecule has 0 aliphatic carbocycles. The van der Waals surface area contributed by atoms with Gasteiger partial charge in [0, 0.05) is 12.2 Å². The number of rotatable bonds is 3. The lowest BCUT2D eigenvalue weighted by molar-refractivity contribution is 0.413. The van der Waals surface area contributed by atoms with Gasteiger partial charge in [-0.25, -0.2) is 4.98 Å². The van der Waals surface area contributed by atoms with E-state index in [1.165, 1.54) is 24.2 Å². The summed E-state index contributed by atoms with van der Waals surface area (Å²) >= 11 is 0. The molecule has 2 N–H and O–H groups in total. The third kappa shape index (κ3) is 2.23. The van der Waals surface area contributed by atoms with E-state index in [0.29, 0.717) is 5.92 Å². The molecular formula is C12H21N3. The molecule has 1 aliphatic rings. The second kappa shape index (κ2) is 4.35. The van der Waals surface area contributed by atoms with Crippen molar-refractivity contribution in [1.29, 1.82) is 0 Å². The molecule has 0 spiro atoms. The summed E-state index contributed by atoms with van der Waals surface area (Å²) in [6.45, 7) is 6.41. The highest BCUT2D eigenvalue weighted by atomic mass is 15.1. The number of nitrogens with zero attached hydrogens (tertiary/aromatic N) is 2. The summed E-state index contributed by atoms with van der Waals surface area (Å²) in [5.74, 6) is 1.35. The zero-order chi connectivity index (χ0) is 10.8. The Hall–Kier alpha value is -0.830. The van der Waals surface area contributed by atoms with Crippen LogP contribution in [0.2, 0.25) is 0 Å². The van der Waals surface area contributed by atoms with E-state index in [-0.39, 0.29) is 0 Å². The number of hydrogen-bond donors (Lipinski definition) is 1.